The zero-order chi connectivity index (χ0) is 21.3. The summed E-state index contributed by atoms with van der Waals surface area (Å²) < 4.78 is 17.3. The number of aromatic nitrogens is 1. The number of carbonyl (C=O) groups is 1. The van der Waals surface area contributed by atoms with Crippen molar-refractivity contribution < 1.29 is 18.4 Å². The van der Waals surface area contributed by atoms with Crippen molar-refractivity contribution in [3.05, 3.63) is 42.6 Å². The Kier molecular flexibility index (Phi) is 6.19. The maximum atomic E-state index is 13.3. The van der Waals surface area contributed by atoms with Crippen LogP contribution < -0.4 is 9.64 Å². The lowest BCUT2D eigenvalue weighted by Gasteiger charge is -2.52. The fourth-order valence-electron chi connectivity index (χ4n) is 4.89. The van der Waals surface area contributed by atoms with Gasteiger partial charge in [-0.2, -0.15) is 0 Å². The van der Waals surface area contributed by atoms with Crippen LogP contribution in [-0.2, 0) is 9.22 Å². The van der Waals surface area contributed by atoms with Gasteiger partial charge < -0.3 is 13.6 Å². The molecule has 158 valence electrons. The minimum atomic E-state index is -2.23. The van der Waals surface area contributed by atoms with Crippen LogP contribution in [0.1, 0.15) is 53.3 Å². The number of carbonyl (C=O) groups excluding carboxylic acids is 1. The summed E-state index contributed by atoms with van der Waals surface area (Å²) in [7, 11) is -0.603. The molecule has 7 heteroatoms. The van der Waals surface area contributed by atoms with Crippen molar-refractivity contribution >= 4 is 19.9 Å². The molecule has 0 bridgehead atoms. The van der Waals surface area contributed by atoms with Crippen LogP contribution in [0, 0.1) is 0 Å². The molecule has 1 aliphatic rings. The molecule has 0 N–H and O–H groups in total. The Morgan fingerprint density at radius 1 is 1.03 bits per heavy atom. The second-order valence-electron chi connectivity index (χ2n) is 8.62. The van der Waals surface area contributed by atoms with E-state index >= 15 is 0 Å². The van der Waals surface area contributed by atoms with Gasteiger partial charge in [0, 0.05) is 5.69 Å². The van der Waals surface area contributed by atoms with Gasteiger partial charge >= 0.3 is 0 Å². The number of hydrogen-bond donors (Lipinski definition) is 0. The molecule has 1 aliphatic heterocycles. The smallest absolute Gasteiger partial charge is 0.258 e. The molecule has 1 aromatic carbocycles. The standard InChI is InChI=1S/C22H32N2O4Si/c1-14(2)29(15(3)4,16(5)6)28-21-20(19-12-27-13-23-19)24(22(21)25)17-8-10-18(26-7)11-9-17/h8-16,20-21H,1-7H3/t20-,21+/m0/s1. The summed E-state index contributed by atoms with van der Waals surface area (Å²) in [4.78, 5) is 19.4. The topological polar surface area (TPSA) is 64.8 Å². The van der Waals surface area contributed by atoms with Gasteiger partial charge in [0.25, 0.3) is 5.91 Å². The number of methoxy groups -OCH3 is 1. The lowest BCUT2D eigenvalue weighted by molar-refractivity contribution is -0.136. The van der Waals surface area contributed by atoms with Gasteiger partial charge in [0.05, 0.1) is 7.11 Å². The fraction of sp³-hybridized carbons (Fsp3) is 0.545. The van der Waals surface area contributed by atoms with Crippen LogP contribution in [0.25, 0.3) is 0 Å². The molecule has 0 aliphatic carbocycles. The summed E-state index contributed by atoms with van der Waals surface area (Å²) in [6, 6.07) is 7.19. The van der Waals surface area contributed by atoms with Gasteiger partial charge in [-0.1, -0.05) is 41.5 Å². The predicted octanol–water partition coefficient (Wildman–Crippen LogP) is 5.33. The van der Waals surface area contributed by atoms with Crippen molar-refractivity contribution in [1.82, 2.24) is 4.98 Å². The molecule has 6 nitrogen and oxygen atoms in total. The van der Waals surface area contributed by atoms with E-state index < -0.39 is 14.4 Å². The Balaban J connectivity index is 1.97. The second kappa shape index (κ2) is 8.32. The van der Waals surface area contributed by atoms with Crippen molar-refractivity contribution in [3.8, 4) is 5.75 Å². The van der Waals surface area contributed by atoms with Gasteiger partial charge in [-0.05, 0) is 40.9 Å². The highest BCUT2D eigenvalue weighted by Gasteiger charge is 2.57. The van der Waals surface area contributed by atoms with Crippen molar-refractivity contribution in [3.63, 3.8) is 0 Å². The average molecular weight is 417 g/mol. The van der Waals surface area contributed by atoms with Crippen LogP contribution in [0.2, 0.25) is 16.6 Å². The van der Waals surface area contributed by atoms with E-state index in [0.717, 1.165) is 11.4 Å². The quantitative estimate of drug-likeness (QED) is 0.430. The Hall–Kier alpha value is -2.12. The molecule has 1 aromatic heterocycles. The third-order valence-electron chi connectivity index (χ3n) is 6.19. The zero-order valence-electron chi connectivity index (χ0n) is 18.4. The number of rotatable bonds is 8. The fourth-order valence-corrected chi connectivity index (χ4v) is 10.4. The van der Waals surface area contributed by atoms with Gasteiger partial charge in [-0.15, -0.1) is 0 Å². The van der Waals surface area contributed by atoms with Gasteiger partial charge in [0.2, 0.25) is 8.32 Å². The summed E-state index contributed by atoms with van der Waals surface area (Å²) in [5.41, 5.74) is 2.69. The number of anilines is 1. The van der Waals surface area contributed by atoms with E-state index in [4.69, 9.17) is 13.6 Å². The average Bonchev–Trinajstić information content (AvgIpc) is 3.19. The molecule has 2 heterocycles. The van der Waals surface area contributed by atoms with Gasteiger partial charge in [0.1, 0.15) is 23.7 Å². The Morgan fingerprint density at radius 3 is 2.07 bits per heavy atom. The highest BCUT2D eigenvalue weighted by Crippen LogP contribution is 2.48. The van der Waals surface area contributed by atoms with E-state index in [9.17, 15) is 4.79 Å². The first kappa shape index (κ1) is 21.6. The lowest BCUT2D eigenvalue weighted by Crippen LogP contribution is -2.65. The summed E-state index contributed by atoms with van der Waals surface area (Å²) in [5.74, 6) is 0.723. The minimum absolute atomic E-state index is 0.0259. The number of benzene rings is 1. The van der Waals surface area contributed by atoms with Crippen LogP contribution in [0.15, 0.2) is 41.3 Å². The number of ether oxygens (including phenoxy) is 1. The van der Waals surface area contributed by atoms with Crippen molar-refractivity contribution in [2.75, 3.05) is 12.0 Å². The first-order valence-corrected chi connectivity index (χ1v) is 12.4. The first-order chi connectivity index (χ1) is 13.7. The number of nitrogens with zero attached hydrogens (tertiary/aromatic N) is 2. The van der Waals surface area contributed by atoms with Crippen LogP contribution >= 0.6 is 0 Å². The highest BCUT2D eigenvalue weighted by molar-refractivity contribution is 6.77. The Morgan fingerprint density at radius 2 is 1.62 bits per heavy atom. The minimum Gasteiger partial charge on any atom is -0.497 e. The van der Waals surface area contributed by atoms with Crippen LogP contribution in [0.4, 0.5) is 5.69 Å². The SMILES string of the molecule is COc1ccc(N2C(=O)[C@H](O[Si](C(C)C)(C(C)C)C(C)C)[C@@H]2c2cocn2)cc1. The van der Waals surface area contributed by atoms with Gasteiger partial charge in [0.15, 0.2) is 12.5 Å². The number of oxazole rings is 1. The molecule has 1 amide bonds. The molecule has 1 saturated heterocycles. The molecule has 1 fully saturated rings. The Bertz CT molecular complexity index is 796. The number of amides is 1. The predicted molar refractivity (Wildman–Crippen MR) is 116 cm³/mol. The summed E-state index contributed by atoms with van der Waals surface area (Å²) in [6.07, 6.45) is 2.47. The normalized spacial score (nSPS) is 19.9. The molecule has 0 saturated carbocycles. The Labute approximate surface area is 174 Å². The van der Waals surface area contributed by atoms with E-state index in [0.29, 0.717) is 22.3 Å². The first-order valence-electron chi connectivity index (χ1n) is 10.3. The lowest BCUT2D eigenvalue weighted by atomic mass is 9.94. The van der Waals surface area contributed by atoms with Crippen molar-refractivity contribution in [1.29, 1.82) is 0 Å². The maximum Gasteiger partial charge on any atom is 0.258 e. The highest BCUT2D eigenvalue weighted by atomic mass is 28.4. The number of hydrogen-bond acceptors (Lipinski definition) is 5. The molecule has 2 aromatic rings. The van der Waals surface area contributed by atoms with Crippen LogP contribution in [-0.4, -0.2) is 32.4 Å². The van der Waals surface area contributed by atoms with E-state index in [2.05, 4.69) is 46.5 Å². The molecular formula is C22H32N2O4Si. The van der Waals surface area contributed by atoms with Gasteiger partial charge in [-0.25, -0.2) is 4.98 Å². The third kappa shape index (κ3) is 3.62. The third-order valence-corrected chi connectivity index (χ3v) is 12.3. The summed E-state index contributed by atoms with van der Waals surface area (Å²) in [6.45, 7) is 13.3. The largest absolute Gasteiger partial charge is 0.497 e. The van der Waals surface area contributed by atoms with Crippen molar-refractivity contribution in [2.45, 2.75) is 70.3 Å². The molecule has 29 heavy (non-hydrogen) atoms. The van der Waals surface area contributed by atoms with Crippen molar-refractivity contribution in [2.24, 2.45) is 0 Å². The van der Waals surface area contributed by atoms with E-state index in [1.165, 1.54) is 6.39 Å². The zero-order valence-corrected chi connectivity index (χ0v) is 19.4. The van der Waals surface area contributed by atoms with Crippen LogP contribution in [0.5, 0.6) is 5.75 Å². The molecule has 0 radical (unpaired) electrons. The van der Waals surface area contributed by atoms with E-state index in [1.807, 2.05) is 24.3 Å². The van der Waals surface area contributed by atoms with Gasteiger partial charge in [-0.3, -0.25) is 9.69 Å². The summed E-state index contributed by atoms with van der Waals surface area (Å²) in [5, 5.41) is 0. The summed E-state index contributed by atoms with van der Waals surface area (Å²) >= 11 is 0. The molecule has 2 atom stereocenters. The maximum absolute atomic E-state index is 13.3. The molecule has 0 spiro atoms. The molecular weight excluding hydrogens is 384 g/mol. The van der Waals surface area contributed by atoms with E-state index in [-0.39, 0.29) is 11.9 Å². The molecule has 0 unspecified atom stereocenters. The van der Waals surface area contributed by atoms with Crippen LogP contribution in [0.3, 0.4) is 0 Å². The monoisotopic (exact) mass is 416 g/mol. The van der Waals surface area contributed by atoms with E-state index in [1.54, 1.807) is 18.3 Å². The second-order valence-corrected chi connectivity index (χ2v) is 14.0. The number of β-lactam (4-membered cyclic amide) rings is 1. The molecule has 3 rings (SSSR count).